The second kappa shape index (κ2) is 6.01. The molecular formula is C19H28N4O. The summed E-state index contributed by atoms with van der Waals surface area (Å²) in [4.78, 5) is 24.9. The quantitative estimate of drug-likeness (QED) is 0.833. The summed E-state index contributed by atoms with van der Waals surface area (Å²) in [5, 5.41) is 0. The summed E-state index contributed by atoms with van der Waals surface area (Å²) in [6.07, 6.45) is 13.4. The van der Waals surface area contributed by atoms with Crippen molar-refractivity contribution in [2.45, 2.75) is 38.5 Å². The van der Waals surface area contributed by atoms with Crippen molar-refractivity contribution < 1.29 is 4.79 Å². The molecule has 1 aromatic heterocycles. The topological polar surface area (TPSA) is 49.3 Å². The van der Waals surface area contributed by atoms with E-state index < -0.39 is 0 Å². The molecule has 0 radical (unpaired) electrons. The van der Waals surface area contributed by atoms with Crippen molar-refractivity contribution in [2.24, 2.45) is 23.2 Å². The molecule has 4 aliphatic rings. The number of carbonyl (C=O) groups is 1. The van der Waals surface area contributed by atoms with Crippen molar-refractivity contribution in [1.29, 1.82) is 0 Å². The van der Waals surface area contributed by atoms with E-state index in [0.717, 1.165) is 30.1 Å². The highest BCUT2D eigenvalue weighted by Gasteiger charge is 2.51. The minimum absolute atomic E-state index is 0.180. The van der Waals surface area contributed by atoms with Gasteiger partial charge in [-0.1, -0.05) is 0 Å². The highest BCUT2D eigenvalue weighted by Crippen LogP contribution is 2.60. The van der Waals surface area contributed by atoms with Gasteiger partial charge in [-0.25, -0.2) is 4.98 Å². The maximum absolute atomic E-state index is 12.7. The lowest BCUT2D eigenvalue weighted by molar-refractivity contribution is -0.133. The number of carbonyl (C=O) groups excluding carboxylic acids is 1. The number of amides is 1. The summed E-state index contributed by atoms with van der Waals surface area (Å²) in [6.45, 7) is 1.30. The molecule has 4 aliphatic carbocycles. The van der Waals surface area contributed by atoms with E-state index in [1.54, 1.807) is 18.6 Å². The zero-order chi connectivity index (χ0) is 16.7. The van der Waals surface area contributed by atoms with E-state index >= 15 is 0 Å². The van der Waals surface area contributed by atoms with Gasteiger partial charge >= 0.3 is 0 Å². The van der Waals surface area contributed by atoms with Gasteiger partial charge < -0.3 is 9.80 Å². The van der Waals surface area contributed by atoms with Crippen molar-refractivity contribution in [3.05, 3.63) is 18.6 Å². The van der Waals surface area contributed by atoms with E-state index in [1.165, 1.54) is 38.5 Å². The third-order valence-electron chi connectivity index (χ3n) is 6.48. The highest BCUT2D eigenvalue weighted by atomic mass is 16.2. The van der Waals surface area contributed by atoms with Crippen LogP contribution in [0.25, 0.3) is 0 Å². The third-order valence-corrected chi connectivity index (χ3v) is 6.48. The molecule has 24 heavy (non-hydrogen) atoms. The van der Waals surface area contributed by atoms with Crippen molar-refractivity contribution in [1.82, 2.24) is 14.9 Å². The molecule has 4 fully saturated rings. The number of anilines is 1. The van der Waals surface area contributed by atoms with Crippen LogP contribution in [-0.4, -0.2) is 48.0 Å². The maximum atomic E-state index is 12.7. The van der Waals surface area contributed by atoms with Gasteiger partial charge in [-0.15, -0.1) is 0 Å². The second-order valence-electron chi connectivity index (χ2n) is 8.59. The smallest absolute Gasteiger partial charge is 0.241 e. The fourth-order valence-corrected chi connectivity index (χ4v) is 5.97. The minimum atomic E-state index is 0.180. The van der Waals surface area contributed by atoms with E-state index in [4.69, 9.17) is 0 Å². The van der Waals surface area contributed by atoms with Gasteiger partial charge in [0, 0.05) is 33.0 Å². The van der Waals surface area contributed by atoms with Gasteiger partial charge in [0.25, 0.3) is 0 Å². The van der Waals surface area contributed by atoms with Gasteiger partial charge in [0.2, 0.25) is 5.91 Å². The Balaban J connectivity index is 1.37. The number of likely N-dealkylation sites (N-methyl/N-ethyl adjacent to an activating group) is 2. The molecule has 1 amide bonds. The Bertz CT molecular complexity index is 567. The Hall–Kier alpha value is -1.65. The molecule has 0 aromatic carbocycles. The average Bonchev–Trinajstić information content (AvgIpc) is 2.53. The van der Waals surface area contributed by atoms with E-state index in [0.29, 0.717) is 12.0 Å². The highest BCUT2D eigenvalue weighted by molar-refractivity contribution is 5.80. The van der Waals surface area contributed by atoms with Crippen molar-refractivity contribution in [3.63, 3.8) is 0 Å². The molecular weight excluding hydrogens is 300 g/mol. The number of hydrogen-bond acceptors (Lipinski definition) is 4. The minimum Gasteiger partial charge on any atom is -0.349 e. The zero-order valence-corrected chi connectivity index (χ0v) is 14.8. The molecule has 1 aromatic rings. The molecule has 0 saturated heterocycles. The van der Waals surface area contributed by atoms with Gasteiger partial charge in [-0.2, -0.15) is 0 Å². The van der Waals surface area contributed by atoms with Gasteiger partial charge in [0.05, 0.1) is 12.7 Å². The molecule has 0 spiro atoms. The Morgan fingerprint density at radius 1 is 1.12 bits per heavy atom. The second-order valence-corrected chi connectivity index (χ2v) is 8.59. The predicted octanol–water partition coefficient (Wildman–Crippen LogP) is 2.59. The molecule has 4 bridgehead atoms. The Morgan fingerprint density at radius 3 is 2.29 bits per heavy atom. The lowest BCUT2D eigenvalue weighted by atomic mass is 9.49. The summed E-state index contributed by atoms with van der Waals surface area (Å²) in [7, 11) is 3.88. The summed E-state index contributed by atoms with van der Waals surface area (Å²) in [5.41, 5.74) is 0.407. The van der Waals surface area contributed by atoms with Crippen LogP contribution in [0, 0.1) is 23.2 Å². The van der Waals surface area contributed by atoms with Crippen molar-refractivity contribution >= 4 is 11.7 Å². The summed E-state index contributed by atoms with van der Waals surface area (Å²) in [6, 6.07) is 0. The predicted molar refractivity (Wildman–Crippen MR) is 93.5 cm³/mol. The first-order valence-electron chi connectivity index (χ1n) is 9.24. The van der Waals surface area contributed by atoms with Gasteiger partial charge in [-0.05, 0) is 61.7 Å². The molecule has 0 aliphatic heterocycles. The molecule has 1 heterocycles. The van der Waals surface area contributed by atoms with Crippen LogP contribution in [0.5, 0.6) is 0 Å². The number of nitrogens with zero attached hydrogens (tertiary/aromatic N) is 4. The normalized spacial score (nSPS) is 33.5. The van der Waals surface area contributed by atoms with Gasteiger partial charge in [0.15, 0.2) is 0 Å². The molecule has 130 valence electrons. The van der Waals surface area contributed by atoms with E-state index in [2.05, 4.69) is 9.97 Å². The Morgan fingerprint density at radius 2 is 1.75 bits per heavy atom. The first kappa shape index (κ1) is 15.9. The number of hydrogen-bond donors (Lipinski definition) is 0. The lowest BCUT2D eigenvalue weighted by Gasteiger charge is -2.57. The molecule has 5 heteroatoms. The first-order chi connectivity index (χ1) is 11.5. The average molecular weight is 328 g/mol. The van der Waals surface area contributed by atoms with Crippen LogP contribution < -0.4 is 4.90 Å². The van der Waals surface area contributed by atoms with Gasteiger partial charge in [0.1, 0.15) is 5.82 Å². The largest absolute Gasteiger partial charge is 0.349 e. The van der Waals surface area contributed by atoms with Crippen LogP contribution in [0.3, 0.4) is 0 Å². The first-order valence-corrected chi connectivity index (χ1v) is 9.24. The lowest BCUT2D eigenvalue weighted by Crippen LogP contribution is -2.52. The van der Waals surface area contributed by atoms with Gasteiger partial charge in [-0.3, -0.25) is 9.78 Å². The van der Waals surface area contributed by atoms with E-state index in [9.17, 15) is 4.79 Å². The van der Waals surface area contributed by atoms with Crippen LogP contribution >= 0.6 is 0 Å². The maximum Gasteiger partial charge on any atom is 0.241 e. The number of aromatic nitrogens is 2. The van der Waals surface area contributed by atoms with Crippen LogP contribution in [-0.2, 0) is 4.79 Å². The monoisotopic (exact) mass is 328 g/mol. The van der Waals surface area contributed by atoms with E-state index in [1.807, 2.05) is 23.9 Å². The fourth-order valence-electron chi connectivity index (χ4n) is 5.97. The van der Waals surface area contributed by atoms with Crippen molar-refractivity contribution in [2.75, 3.05) is 32.1 Å². The Kier molecular flexibility index (Phi) is 3.97. The fraction of sp³-hybridized carbons (Fsp3) is 0.737. The number of rotatable bonds is 5. The standard InChI is InChI=1S/C19H28N4O/c1-22(17-11-20-3-4-21-17)12-18(24)23(2)13-19-8-14-5-15(9-19)7-16(6-14)10-19/h3-4,11,14-16H,5-10,12-13H2,1-2H3. The molecule has 5 rings (SSSR count). The van der Waals surface area contributed by atoms with Crippen LogP contribution in [0.2, 0.25) is 0 Å². The van der Waals surface area contributed by atoms with E-state index in [-0.39, 0.29) is 5.91 Å². The third kappa shape index (κ3) is 3.01. The molecule has 0 N–H and O–H groups in total. The Labute approximate surface area is 144 Å². The summed E-state index contributed by atoms with van der Waals surface area (Å²) in [5.74, 6) is 3.72. The molecule has 0 unspecified atom stereocenters. The summed E-state index contributed by atoms with van der Waals surface area (Å²) < 4.78 is 0. The van der Waals surface area contributed by atoms with Crippen LogP contribution in [0.15, 0.2) is 18.6 Å². The van der Waals surface area contributed by atoms with Crippen LogP contribution in [0.4, 0.5) is 5.82 Å². The molecule has 5 nitrogen and oxygen atoms in total. The summed E-state index contributed by atoms with van der Waals surface area (Å²) >= 11 is 0. The zero-order valence-electron chi connectivity index (χ0n) is 14.8. The molecule has 4 saturated carbocycles. The van der Waals surface area contributed by atoms with Crippen LogP contribution in [0.1, 0.15) is 38.5 Å². The SMILES string of the molecule is CN(CC12CC3CC(CC(C3)C1)C2)C(=O)CN(C)c1cnccn1. The van der Waals surface area contributed by atoms with Crippen molar-refractivity contribution in [3.8, 4) is 0 Å². The molecule has 0 atom stereocenters.